The summed E-state index contributed by atoms with van der Waals surface area (Å²) in [6.45, 7) is 3.38. The van der Waals surface area contributed by atoms with Gasteiger partial charge in [0.25, 0.3) is 0 Å². The van der Waals surface area contributed by atoms with Crippen molar-refractivity contribution in [2.75, 3.05) is 26.2 Å². The third kappa shape index (κ3) is 3.84. The van der Waals surface area contributed by atoms with Crippen molar-refractivity contribution in [3.8, 4) is 0 Å². The van der Waals surface area contributed by atoms with E-state index in [0.29, 0.717) is 42.8 Å². The Labute approximate surface area is 134 Å². The summed E-state index contributed by atoms with van der Waals surface area (Å²) in [7, 11) is -3.48. The van der Waals surface area contributed by atoms with Gasteiger partial charge >= 0.3 is 0 Å². The Bertz CT molecular complexity index is 601. The molecule has 1 aromatic rings. The van der Waals surface area contributed by atoms with Gasteiger partial charge in [-0.25, -0.2) is 8.42 Å². The SMILES string of the molecule is CC(=O)N1CCCN(S(=O)(=O)c2ccc(CBr)cc2)CC1. The normalized spacial score (nSPS) is 17.5. The van der Waals surface area contributed by atoms with Crippen LogP contribution in [-0.2, 0) is 20.1 Å². The van der Waals surface area contributed by atoms with Crippen molar-refractivity contribution in [3.05, 3.63) is 29.8 Å². The number of sulfonamides is 1. The second kappa shape index (κ2) is 6.89. The van der Waals surface area contributed by atoms with Crippen molar-refractivity contribution in [1.29, 1.82) is 0 Å². The number of amides is 1. The van der Waals surface area contributed by atoms with Crippen LogP contribution < -0.4 is 0 Å². The molecule has 0 N–H and O–H groups in total. The van der Waals surface area contributed by atoms with Crippen LogP contribution in [0, 0.1) is 0 Å². The number of carbonyl (C=O) groups excluding carboxylic acids is 1. The van der Waals surface area contributed by atoms with E-state index in [-0.39, 0.29) is 5.91 Å². The summed E-state index contributed by atoms with van der Waals surface area (Å²) in [5.41, 5.74) is 1.03. The lowest BCUT2D eigenvalue weighted by molar-refractivity contribution is -0.128. The maximum absolute atomic E-state index is 12.6. The van der Waals surface area contributed by atoms with Gasteiger partial charge in [-0.15, -0.1) is 0 Å². The number of halogens is 1. The van der Waals surface area contributed by atoms with Crippen molar-refractivity contribution < 1.29 is 13.2 Å². The van der Waals surface area contributed by atoms with Gasteiger partial charge in [0, 0.05) is 38.4 Å². The summed E-state index contributed by atoms with van der Waals surface area (Å²) in [6.07, 6.45) is 0.665. The molecule has 0 saturated carbocycles. The fourth-order valence-electron chi connectivity index (χ4n) is 2.35. The van der Waals surface area contributed by atoms with Gasteiger partial charge < -0.3 is 4.90 Å². The van der Waals surface area contributed by atoms with Crippen molar-refractivity contribution >= 4 is 31.9 Å². The Morgan fingerprint density at radius 1 is 1.14 bits per heavy atom. The first kappa shape index (κ1) is 16.5. The maximum Gasteiger partial charge on any atom is 0.243 e. The third-order valence-corrected chi connectivity index (χ3v) is 6.18. The van der Waals surface area contributed by atoms with Gasteiger partial charge in [-0.2, -0.15) is 4.31 Å². The predicted molar refractivity (Wildman–Crippen MR) is 84.7 cm³/mol. The monoisotopic (exact) mass is 374 g/mol. The second-order valence-corrected chi connectivity index (χ2v) is 7.54. The minimum absolute atomic E-state index is 0.00378. The van der Waals surface area contributed by atoms with Crippen LogP contribution in [0.15, 0.2) is 29.2 Å². The molecule has 0 radical (unpaired) electrons. The summed E-state index contributed by atoms with van der Waals surface area (Å²) in [5.74, 6) is -0.00378. The zero-order valence-corrected chi connectivity index (χ0v) is 14.4. The topological polar surface area (TPSA) is 57.7 Å². The van der Waals surface area contributed by atoms with Gasteiger partial charge in [0.1, 0.15) is 0 Å². The highest BCUT2D eigenvalue weighted by molar-refractivity contribution is 9.08. The van der Waals surface area contributed by atoms with Gasteiger partial charge in [-0.3, -0.25) is 4.79 Å². The molecule has 5 nitrogen and oxygen atoms in total. The van der Waals surface area contributed by atoms with Crippen molar-refractivity contribution in [2.24, 2.45) is 0 Å². The number of benzene rings is 1. The Kier molecular flexibility index (Phi) is 5.40. The molecule has 1 aliphatic rings. The summed E-state index contributed by atoms with van der Waals surface area (Å²) in [6, 6.07) is 6.89. The molecule has 0 atom stereocenters. The molecule has 7 heteroatoms. The minimum Gasteiger partial charge on any atom is -0.342 e. The Balaban J connectivity index is 2.16. The van der Waals surface area contributed by atoms with E-state index >= 15 is 0 Å². The van der Waals surface area contributed by atoms with Gasteiger partial charge in [0.15, 0.2) is 0 Å². The van der Waals surface area contributed by atoms with Crippen LogP contribution in [0.5, 0.6) is 0 Å². The molecule has 0 bridgehead atoms. The van der Waals surface area contributed by atoms with E-state index in [0.717, 1.165) is 5.56 Å². The molecule has 1 fully saturated rings. The lowest BCUT2D eigenvalue weighted by Gasteiger charge is -2.21. The molecule has 1 heterocycles. The first-order chi connectivity index (χ1) is 9.95. The number of nitrogens with zero attached hydrogens (tertiary/aromatic N) is 2. The number of rotatable bonds is 3. The molecule has 1 saturated heterocycles. The predicted octanol–water partition coefficient (Wildman–Crippen LogP) is 1.82. The van der Waals surface area contributed by atoms with Crippen LogP contribution in [0.25, 0.3) is 0 Å². The third-order valence-electron chi connectivity index (χ3n) is 3.62. The van der Waals surface area contributed by atoms with E-state index < -0.39 is 10.0 Å². The number of carbonyl (C=O) groups is 1. The molecule has 0 unspecified atom stereocenters. The lowest BCUT2D eigenvalue weighted by atomic mass is 10.2. The average molecular weight is 375 g/mol. The summed E-state index contributed by atoms with van der Waals surface area (Å²) < 4.78 is 26.7. The van der Waals surface area contributed by atoms with Crippen LogP contribution in [0.3, 0.4) is 0 Å². The molecule has 0 aliphatic carbocycles. The zero-order valence-electron chi connectivity index (χ0n) is 12.0. The van der Waals surface area contributed by atoms with Gasteiger partial charge in [0.2, 0.25) is 15.9 Å². The molecular formula is C14H19BrN2O3S. The second-order valence-electron chi connectivity index (χ2n) is 5.04. The molecule has 1 aromatic carbocycles. The van der Waals surface area contributed by atoms with Crippen LogP contribution >= 0.6 is 15.9 Å². The Morgan fingerprint density at radius 3 is 2.38 bits per heavy atom. The van der Waals surface area contributed by atoms with E-state index in [1.54, 1.807) is 29.2 Å². The lowest BCUT2D eigenvalue weighted by Crippen LogP contribution is -2.36. The number of alkyl halides is 1. The molecular weight excluding hydrogens is 356 g/mol. The highest BCUT2D eigenvalue weighted by Crippen LogP contribution is 2.19. The van der Waals surface area contributed by atoms with Gasteiger partial charge in [0.05, 0.1) is 4.90 Å². The molecule has 116 valence electrons. The first-order valence-corrected chi connectivity index (χ1v) is 9.42. The van der Waals surface area contributed by atoms with E-state index in [9.17, 15) is 13.2 Å². The molecule has 0 aromatic heterocycles. The molecule has 2 rings (SSSR count). The van der Waals surface area contributed by atoms with Gasteiger partial charge in [-0.1, -0.05) is 28.1 Å². The van der Waals surface area contributed by atoms with Crippen LogP contribution in [0.4, 0.5) is 0 Å². The molecule has 0 spiro atoms. The van der Waals surface area contributed by atoms with E-state index in [4.69, 9.17) is 0 Å². The van der Waals surface area contributed by atoms with Crippen LogP contribution in [0.1, 0.15) is 18.9 Å². The minimum atomic E-state index is -3.48. The summed E-state index contributed by atoms with van der Waals surface area (Å²) in [5, 5.41) is 0.699. The Hall–Kier alpha value is -0.920. The van der Waals surface area contributed by atoms with Crippen LogP contribution in [0.2, 0.25) is 0 Å². The van der Waals surface area contributed by atoms with E-state index in [1.165, 1.54) is 11.2 Å². The number of hydrogen-bond donors (Lipinski definition) is 0. The molecule has 1 aliphatic heterocycles. The van der Waals surface area contributed by atoms with E-state index in [2.05, 4.69) is 15.9 Å². The molecule has 1 amide bonds. The zero-order chi connectivity index (χ0) is 15.5. The van der Waals surface area contributed by atoms with Crippen molar-refractivity contribution in [2.45, 2.75) is 23.6 Å². The highest BCUT2D eigenvalue weighted by Gasteiger charge is 2.27. The number of hydrogen-bond acceptors (Lipinski definition) is 3. The fraction of sp³-hybridized carbons (Fsp3) is 0.500. The molecule has 21 heavy (non-hydrogen) atoms. The maximum atomic E-state index is 12.6. The van der Waals surface area contributed by atoms with Crippen molar-refractivity contribution in [1.82, 2.24) is 9.21 Å². The quantitative estimate of drug-likeness (QED) is 0.758. The first-order valence-electron chi connectivity index (χ1n) is 6.85. The van der Waals surface area contributed by atoms with Crippen LogP contribution in [-0.4, -0.2) is 49.7 Å². The smallest absolute Gasteiger partial charge is 0.243 e. The Morgan fingerprint density at radius 2 is 1.81 bits per heavy atom. The largest absolute Gasteiger partial charge is 0.342 e. The average Bonchev–Trinajstić information content (AvgIpc) is 2.73. The highest BCUT2D eigenvalue weighted by atomic mass is 79.9. The fourth-order valence-corrected chi connectivity index (χ4v) is 4.19. The van der Waals surface area contributed by atoms with Crippen molar-refractivity contribution in [3.63, 3.8) is 0 Å². The van der Waals surface area contributed by atoms with Gasteiger partial charge in [-0.05, 0) is 24.1 Å². The standard InChI is InChI=1S/C14H19BrN2O3S/c1-12(18)16-7-2-8-17(10-9-16)21(19,20)14-5-3-13(11-15)4-6-14/h3-6H,2,7-11H2,1H3. The summed E-state index contributed by atoms with van der Waals surface area (Å²) >= 11 is 3.34. The summed E-state index contributed by atoms with van der Waals surface area (Å²) in [4.78, 5) is 13.4. The van der Waals surface area contributed by atoms with E-state index in [1.807, 2.05) is 0 Å².